The minimum atomic E-state index is -0.340. The van der Waals surface area contributed by atoms with Crippen LogP contribution in [0.15, 0.2) is 59.1 Å². The highest BCUT2D eigenvalue weighted by atomic mass is 32.2. The number of carbonyl (C=O) groups excluding carboxylic acids is 1. The number of fused-ring (bicyclic) bond motifs is 1. The quantitative estimate of drug-likeness (QED) is 0.416. The normalized spacial score (nSPS) is 11.3. The van der Waals surface area contributed by atoms with Gasteiger partial charge in [-0.2, -0.15) is 0 Å². The molecular formula is C21H22N2O2S. The molecule has 1 aromatic heterocycles. The Hall–Kier alpha value is -2.53. The summed E-state index contributed by atoms with van der Waals surface area (Å²) in [7, 11) is 1.39. The fourth-order valence-corrected chi connectivity index (χ4v) is 3.53. The predicted octanol–water partition coefficient (Wildman–Crippen LogP) is 5.39. The van der Waals surface area contributed by atoms with Gasteiger partial charge in [-0.1, -0.05) is 55.4 Å². The number of imidazole rings is 1. The van der Waals surface area contributed by atoms with Crippen molar-refractivity contribution in [2.75, 3.05) is 7.11 Å². The Labute approximate surface area is 157 Å². The van der Waals surface area contributed by atoms with Crippen molar-refractivity contribution < 1.29 is 9.53 Å². The molecule has 0 spiro atoms. The zero-order valence-electron chi connectivity index (χ0n) is 15.0. The number of carbonyl (C=O) groups is 1. The van der Waals surface area contributed by atoms with Gasteiger partial charge in [0, 0.05) is 6.54 Å². The van der Waals surface area contributed by atoms with Crippen LogP contribution in [0.3, 0.4) is 0 Å². The van der Waals surface area contributed by atoms with Gasteiger partial charge in [-0.3, -0.25) is 0 Å². The van der Waals surface area contributed by atoms with Crippen molar-refractivity contribution in [2.45, 2.75) is 31.5 Å². The first kappa shape index (κ1) is 18.3. The highest BCUT2D eigenvalue weighted by molar-refractivity contribution is 8.02. The standard InChI is InChI=1S/C21H22N2O2S/c1-3-4-13-23-19-11-10-17(20(24)25-2)15-18(19)22-21(23)26-14-12-16-8-6-5-7-9-16/h5-12,14-15H,3-4,13H2,1-2H3/b14-12+. The molecule has 3 rings (SSSR count). The second-order valence-electron chi connectivity index (χ2n) is 5.93. The molecule has 1 heterocycles. The van der Waals surface area contributed by atoms with Crippen molar-refractivity contribution in [1.29, 1.82) is 0 Å². The summed E-state index contributed by atoms with van der Waals surface area (Å²) in [6.07, 6.45) is 4.28. The first-order chi connectivity index (χ1) is 12.7. The summed E-state index contributed by atoms with van der Waals surface area (Å²) >= 11 is 1.59. The summed E-state index contributed by atoms with van der Waals surface area (Å²) in [4.78, 5) is 16.5. The van der Waals surface area contributed by atoms with Crippen LogP contribution in [0, 0.1) is 0 Å². The summed E-state index contributed by atoms with van der Waals surface area (Å²) in [5.74, 6) is -0.340. The van der Waals surface area contributed by atoms with E-state index in [4.69, 9.17) is 9.72 Å². The zero-order valence-corrected chi connectivity index (χ0v) is 15.8. The molecule has 0 atom stereocenters. The van der Waals surface area contributed by atoms with Gasteiger partial charge in [-0.05, 0) is 41.7 Å². The van der Waals surface area contributed by atoms with Gasteiger partial charge in [0.1, 0.15) is 0 Å². The minimum Gasteiger partial charge on any atom is -0.465 e. The number of ether oxygens (including phenoxy) is 1. The highest BCUT2D eigenvalue weighted by Gasteiger charge is 2.13. The number of unbranched alkanes of at least 4 members (excludes halogenated alkanes) is 1. The summed E-state index contributed by atoms with van der Waals surface area (Å²) in [5.41, 5.74) is 3.54. The largest absolute Gasteiger partial charge is 0.465 e. The van der Waals surface area contributed by atoms with E-state index < -0.39 is 0 Å². The number of nitrogens with zero attached hydrogens (tertiary/aromatic N) is 2. The van der Waals surface area contributed by atoms with E-state index in [1.807, 2.05) is 24.3 Å². The summed E-state index contributed by atoms with van der Waals surface area (Å²) in [5, 5.41) is 2.99. The highest BCUT2D eigenvalue weighted by Crippen LogP contribution is 2.27. The van der Waals surface area contributed by atoms with Crippen LogP contribution in [0.2, 0.25) is 0 Å². The molecule has 0 fully saturated rings. The number of hydrogen-bond acceptors (Lipinski definition) is 4. The van der Waals surface area contributed by atoms with Crippen molar-refractivity contribution in [1.82, 2.24) is 9.55 Å². The van der Waals surface area contributed by atoms with E-state index in [0.717, 1.165) is 41.1 Å². The van der Waals surface area contributed by atoms with Crippen LogP contribution in [0.5, 0.6) is 0 Å². The predicted molar refractivity (Wildman–Crippen MR) is 107 cm³/mol. The lowest BCUT2D eigenvalue weighted by Crippen LogP contribution is -2.01. The Morgan fingerprint density at radius 2 is 2.04 bits per heavy atom. The molecule has 2 aromatic carbocycles. The van der Waals surface area contributed by atoms with Gasteiger partial charge in [-0.25, -0.2) is 9.78 Å². The lowest BCUT2D eigenvalue weighted by atomic mass is 10.2. The van der Waals surface area contributed by atoms with Crippen LogP contribution >= 0.6 is 11.8 Å². The fraction of sp³-hybridized carbons (Fsp3) is 0.238. The molecule has 0 bridgehead atoms. The molecule has 0 amide bonds. The topological polar surface area (TPSA) is 44.1 Å². The van der Waals surface area contributed by atoms with Gasteiger partial charge in [0.2, 0.25) is 0 Å². The molecule has 0 aliphatic carbocycles. The van der Waals surface area contributed by atoms with E-state index >= 15 is 0 Å². The number of aryl methyl sites for hydroxylation is 1. The molecule has 0 saturated carbocycles. The summed E-state index contributed by atoms with van der Waals surface area (Å²) < 4.78 is 7.03. The summed E-state index contributed by atoms with van der Waals surface area (Å²) in [6, 6.07) is 15.7. The lowest BCUT2D eigenvalue weighted by Gasteiger charge is -2.06. The number of esters is 1. The maximum atomic E-state index is 11.8. The third kappa shape index (κ3) is 4.17. The molecule has 26 heavy (non-hydrogen) atoms. The number of benzene rings is 2. The second-order valence-corrected chi connectivity index (χ2v) is 6.80. The molecule has 0 N–H and O–H groups in total. The lowest BCUT2D eigenvalue weighted by molar-refractivity contribution is 0.0601. The average Bonchev–Trinajstić information content (AvgIpc) is 3.03. The van der Waals surface area contributed by atoms with Crippen LogP contribution in [-0.4, -0.2) is 22.6 Å². The Balaban J connectivity index is 1.91. The number of aromatic nitrogens is 2. The Bertz CT molecular complexity index is 916. The number of methoxy groups -OCH3 is 1. The molecule has 3 aromatic rings. The van der Waals surface area contributed by atoms with Gasteiger partial charge in [-0.15, -0.1) is 0 Å². The minimum absolute atomic E-state index is 0.340. The molecule has 0 radical (unpaired) electrons. The van der Waals surface area contributed by atoms with E-state index in [1.165, 1.54) is 7.11 Å². The molecule has 134 valence electrons. The Morgan fingerprint density at radius 3 is 2.77 bits per heavy atom. The van der Waals surface area contributed by atoms with E-state index in [2.05, 4.69) is 35.1 Å². The zero-order chi connectivity index (χ0) is 18.4. The van der Waals surface area contributed by atoms with E-state index in [1.54, 1.807) is 23.9 Å². The molecule has 4 nitrogen and oxygen atoms in total. The Morgan fingerprint density at radius 1 is 1.23 bits per heavy atom. The van der Waals surface area contributed by atoms with Crippen LogP contribution in [-0.2, 0) is 11.3 Å². The first-order valence-corrected chi connectivity index (χ1v) is 9.57. The third-order valence-electron chi connectivity index (χ3n) is 4.10. The van der Waals surface area contributed by atoms with Crippen molar-refractivity contribution in [3.63, 3.8) is 0 Å². The SMILES string of the molecule is CCCCn1c(S/C=C/c2ccccc2)nc2cc(C(=O)OC)ccc21. The third-order valence-corrected chi connectivity index (χ3v) is 4.90. The second kappa shape index (κ2) is 8.72. The molecular weight excluding hydrogens is 344 g/mol. The average molecular weight is 366 g/mol. The van der Waals surface area contributed by atoms with Gasteiger partial charge in [0.05, 0.1) is 23.7 Å². The van der Waals surface area contributed by atoms with Crippen molar-refractivity contribution in [3.05, 3.63) is 65.1 Å². The number of hydrogen-bond donors (Lipinski definition) is 0. The van der Waals surface area contributed by atoms with Gasteiger partial charge >= 0.3 is 5.97 Å². The van der Waals surface area contributed by atoms with Gasteiger partial charge in [0.15, 0.2) is 5.16 Å². The molecule has 0 unspecified atom stereocenters. The van der Waals surface area contributed by atoms with E-state index in [9.17, 15) is 4.79 Å². The maximum Gasteiger partial charge on any atom is 0.337 e. The van der Waals surface area contributed by atoms with Gasteiger partial charge < -0.3 is 9.30 Å². The molecule has 0 saturated heterocycles. The van der Waals surface area contributed by atoms with E-state index in [-0.39, 0.29) is 5.97 Å². The van der Waals surface area contributed by atoms with Crippen LogP contribution in [0.1, 0.15) is 35.7 Å². The number of thioether (sulfide) groups is 1. The van der Waals surface area contributed by atoms with Crippen LogP contribution in [0.4, 0.5) is 0 Å². The summed E-state index contributed by atoms with van der Waals surface area (Å²) in [6.45, 7) is 3.09. The molecule has 5 heteroatoms. The fourth-order valence-electron chi connectivity index (χ4n) is 2.71. The van der Waals surface area contributed by atoms with Crippen LogP contribution < -0.4 is 0 Å². The Kier molecular flexibility index (Phi) is 6.12. The monoisotopic (exact) mass is 366 g/mol. The smallest absolute Gasteiger partial charge is 0.337 e. The molecule has 0 aliphatic rings. The van der Waals surface area contributed by atoms with Crippen molar-refractivity contribution in [2.24, 2.45) is 0 Å². The number of rotatable bonds is 7. The van der Waals surface area contributed by atoms with Crippen LogP contribution in [0.25, 0.3) is 17.1 Å². The van der Waals surface area contributed by atoms with Crippen molar-refractivity contribution in [3.8, 4) is 0 Å². The van der Waals surface area contributed by atoms with E-state index in [0.29, 0.717) is 5.56 Å². The maximum absolute atomic E-state index is 11.8. The van der Waals surface area contributed by atoms with Gasteiger partial charge in [0.25, 0.3) is 0 Å². The molecule has 0 aliphatic heterocycles. The van der Waals surface area contributed by atoms with Crippen molar-refractivity contribution >= 4 is 34.8 Å². The first-order valence-electron chi connectivity index (χ1n) is 8.69.